The van der Waals surface area contributed by atoms with E-state index in [1.54, 1.807) is 54.6 Å². The van der Waals surface area contributed by atoms with Crippen LogP contribution in [-0.4, -0.2) is 17.6 Å². The molecule has 1 aromatic heterocycles. The Morgan fingerprint density at radius 3 is 2.31 bits per heavy atom. The highest BCUT2D eigenvalue weighted by Gasteiger charge is 2.36. The van der Waals surface area contributed by atoms with E-state index < -0.39 is 17.4 Å². The van der Waals surface area contributed by atoms with Crippen LogP contribution in [0.5, 0.6) is 0 Å². The fourth-order valence-electron chi connectivity index (χ4n) is 3.56. The summed E-state index contributed by atoms with van der Waals surface area (Å²) in [4.78, 5) is 25.9. The number of esters is 1. The quantitative estimate of drug-likeness (QED) is 0.577. The number of ether oxygens (including phenoxy) is 1. The van der Waals surface area contributed by atoms with Gasteiger partial charge in [0.1, 0.15) is 10.5 Å². The van der Waals surface area contributed by atoms with Gasteiger partial charge in [0.25, 0.3) is 5.56 Å². The van der Waals surface area contributed by atoms with Crippen LogP contribution in [0.3, 0.4) is 0 Å². The topological polar surface area (TPSA) is 98.1 Å². The average Bonchev–Trinajstić information content (AvgIpc) is 3.11. The van der Waals surface area contributed by atoms with Gasteiger partial charge in [-0.3, -0.25) is 9.36 Å². The Kier molecular flexibility index (Phi) is 5.94. The fourth-order valence-corrected chi connectivity index (χ4v) is 4.94. The molecule has 0 aliphatic carbocycles. The van der Waals surface area contributed by atoms with Gasteiger partial charge >= 0.3 is 5.97 Å². The Bertz CT molecular complexity index is 1480. The van der Waals surface area contributed by atoms with Crippen molar-refractivity contribution in [2.45, 2.75) is 5.92 Å². The molecule has 0 amide bonds. The first kappa shape index (κ1) is 21.9. The van der Waals surface area contributed by atoms with Crippen molar-refractivity contribution in [1.82, 2.24) is 4.57 Å². The molecule has 2 heterocycles. The molecule has 0 saturated carbocycles. The number of carbonyl (C=O) groups is 1. The Balaban J connectivity index is 2.06. The number of hydrogen-bond acceptors (Lipinski definition) is 6. The minimum absolute atomic E-state index is 0.0248. The number of nitrogens with zero attached hydrogens (tertiary/aromatic N) is 2. The number of rotatable bonds is 3. The highest BCUT2D eigenvalue weighted by atomic mass is 35.5. The summed E-state index contributed by atoms with van der Waals surface area (Å²) in [5.74, 6) is -1.59. The lowest BCUT2D eigenvalue weighted by Crippen LogP contribution is -2.40. The van der Waals surface area contributed by atoms with Gasteiger partial charge in [-0.05, 0) is 41.5 Å². The van der Waals surface area contributed by atoms with Crippen molar-refractivity contribution in [1.29, 1.82) is 5.26 Å². The summed E-state index contributed by atoms with van der Waals surface area (Å²) in [6, 6.07) is 15.9. The zero-order chi connectivity index (χ0) is 23.0. The lowest BCUT2D eigenvalue weighted by Gasteiger charge is -2.24. The molecule has 3 aromatic rings. The minimum atomic E-state index is -0.800. The third-order valence-electron chi connectivity index (χ3n) is 5.05. The second-order valence-electron chi connectivity index (χ2n) is 6.91. The third-order valence-corrected chi connectivity index (χ3v) is 6.66. The monoisotopic (exact) mass is 483 g/mol. The number of halogens is 2. The number of benzene rings is 2. The van der Waals surface area contributed by atoms with Crippen LogP contribution < -0.4 is 20.5 Å². The van der Waals surface area contributed by atoms with E-state index in [2.05, 4.69) is 6.07 Å². The summed E-state index contributed by atoms with van der Waals surface area (Å²) in [5, 5.41) is 11.1. The summed E-state index contributed by atoms with van der Waals surface area (Å²) in [6.45, 7) is 0. The third kappa shape index (κ3) is 3.73. The summed E-state index contributed by atoms with van der Waals surface area (Å²) in [7, 11) is 1.22. The van der Waals surface area contributed by atoms with Gasteiger partial charge in [-0.2, -0.15) is 5.26 Å². The van der Waals surface area contributed by atoms with E-state index in [-0.39, 0.29) is 17.0 Å². The summed E-state index contributed by atoms with van der Waals surface area (Å²) in [5.41, 5.74) is 7.54. The first-order chi connectivity index (χ1) is 15.3. The maximum absolute atomic E-state index is 13.2. The molecule has 1 aliphatic rings. The van der Waals surface area contributed by atoms with Crippen LogP contribution in [0.2, 0.25) is 10.0 Å². The first-order valence-corrected chi connectivity index (χ1v) is 10.9. The normalized spacial score (nSPS) is 16.0. The van der Waals surface area contributed by atoms with E-state index >= 15 is 0 Å². The van der Waals surface area contributed by atoms with Crippen molar-refractivity contribution in [3.8, 4) is 6.07 Å². The second-order valence-corrected chi connectivity index (χ2v) is 8.81. The number of nitrogens with two attached hydrogens (primary N) is 1. The molecule has 9 heteroatoms. The molecule has 0 bridgehead atoms. The largest absolute Gasteiger partial charge is 0.466 e. The average molecular weight is 484 g/mol. The van der Waals surface area contributed by atoms with E-state index in [1.807, 2.05) is 0 Å². The molecule has 1 aliphatic heterocycles. The number of carbonyl (C=O) groups excluding carboxylic acids is 1. The molecule has 6 nitrogen and oxygen atoms in total. The van der Waals surface area contributed by atoms with Gasteiger partial charge < -0.3 is 10.5 Å². The Morgan fingerprint density at radius 2 is 1.75 bits per heavy atom. The summed E-state index contributed by atoms with van der Waals surface area (Å²) < 4.78 is 6.86. The molecule has 160 valence electrons. The van der Waals surface area contributed by atoms with Gasteiger partial charge in [-0.25, -0.2) is 4.79 Å². The van der Waals surface area contributed by atoms with Crippen LogP contribution in [0, 0.1) is 11.3 Å². The maximum Gasteiger partial charge on any atom is 0.338 e. The maximum atomic E-state index is 13.2. The highest BCUT2D eigenvalue weighted by Crippen LogP contribution is 2.36. The van der Waals surface area contributed by atoms with Crippen LogP contribution in [-0.2, 0) is 9.53 Å². The molecule has 1 atom stereocenters. The second kappa shape index (κ2) is 8.67. The molecule has 0 fully saturated rings. The Labute approximate surface area is 196 Å². The van der Waals surface area contributed by atoms with Crippen LogP contribution in [0.4, 0.5) is 0 Å². The fraction of sp³-hybridized carbons (Fsp3) is 0.0870. The number of thiazole rings is 1. The van der Waals surface area contributed by atoms with Crippen LogP contribution in [0.15, 0.2) is 58.9 Å². The van der Waals surface area contributed by atoms with Crippen molar-refractivity contribution in [2.24, 2.45) is 5.73 Å². The molecule has 0 spiro atoms. The van der Waals surface area contributed by atoms with Crippen molar-refractivity contribution in [3.05, 3.63) is 94.8 Å². The van der Waals surface area contributed by atoms with Gasteiger partial charge in [-0.1, -0.05) is 47.5 Å². The van der Waals surface area contributed by atoms with Gasteiger partial charge in [0.15, 0.2) is 0 Å². The number of hydrogen-bond donors (Lipinski definition) is 1. The first-order valence-electron chi connectivity index (χ1n) is 9.33. The van der Waals surface area contributed by atoms with E-state index in [9.17, 15) is 14.9 Å². The SMILES string of the molecule is COC(=O)C1=C(N)n2c(s/c(=C\c3ccc(Cl)cc3)c2=O)=C(C#N)C1c1ccc(Cl)cc1. The lowest BCUT2D eigenvalue weighted by molar-refractivity contribution is -0.136. The molecule has 1 unspecified atom stereocenters. The number of aromatic nitrogens is 1. The molecule has 32 heavy (non-hydrogen) atoms. The Morgan fingerprint density at radius 1 is 1.16 bits per heavy atom. The molecular formula is C23H15Cl2N3O3S. The smallest absolute Gasteiger partial charge is 0.338 e. The van der Waals surface area contributed by atoms with Gasteiger partial charge in [-0.15, -0.1) is 11.3 Å². The molecule has 4 rings (SSSR count). The zero-order valence-electron chi connectivity index (χ0n) is 16.6. The van der Waals surface area contributed by atoms with Gasteiger partial charge in [0.05, 0.1) is 34.8 Å². The molecule has 2 N–H and O–H groups in total. The summed E-state index contributed by atoms with van der Waals surface area (Å²) in [6.07, 6.45) is 1.69. The number of methoxy groups -OCH3 is 1. The predicted octanol–water partition coefficient (Wildman–Crippen LogP) is 2.82. The standard InChI is InChI=1S/C23H15Cl2N3O3S/c1-31-23(30)19-18(13-4-8-15(25)9-5-13)16(11-26)22-28(20(19)27)21(29)17(32-22)10-12-2-6-14(24)7-3-12/h2-10,18H,27H2,1H3/b17-10-. The van der Waals surface area contributed by atoms with Gasteiger partial charge in [0, 0.05) is 10.0 Å². The van der Waals surface area contributed by atoms with E-state index in [1.165, 1.54) is 11.7 Å². The molecule has 0 saturated heterocycles. The van der Waals surface area contributed by atoms with Gasteiger partial charge in [0.2, 0.25) is 0 Å². The molecule has 2 aromatic carbocycles. The van der Waals surface area contributed by atoms with E-state index in [0.717, 1.165) is 16.9 Å². The summed E-state index contributed by atoms with van der Waals surface area (Å²) >= 11 is 13.1. The van der Waals surface area contributed by atoms with Crippen LogP contribution in [0.1, 0.15) is 17.0 Å². The van der Waals surface area contributed by atoms with Crippen molar-refractivity contribution >= 4 is 58.0 Å². The minimum Gasteiger partial charge on any atom is -0.466 e. The number of nitriles is 1. The van der Waals surface area contributed by atoms with Crippen molar-refractivity contribution in [2.75, 3.05) is 7.11 Å². The van der Waals surface area contributed by atoms with E-state index in [0.29, 0.717) is 24.8 Å². The lowest BCUT2D eigenvalue weighted by atomic mass is 9.84. The zero-order valence-corrected chi connectivity index (χ0v) is 19.0. The van der Waals surface area contributed by atoms with E-state index in [4.69, 9.17) is 33.7 Å². The van der Waals surface area contributed by atoms with Crippen LogP contribution in [0.25, 0.3) is 17.5 Å². The van der Waals surface area contributed by atoms with Crippen LogP contribution >= 0.6 is 34.5 Å². The molecule has 0 radical (unpaired) electrons. The predicted molar refractivity (Wildman–Crippen MR) is 125 cm³/mol. The number of fused-ring (bicyclic) bond motifs is 1. The van der Waals surface area contributed by atoms with Crippen molar-refractivity contribution in [3.63, 3.8) is 0 Å². The van der Waals surface area contributed by atoms with Crippen molar-refractivity contribution < 1.29 is 9.53 Å². The highest BCUT2D eigenvalue weighted by molar-refractivity contribution is 7.07. The Hall–Kier alpha value is -3.31. The molecular weight excluding hydrogens is 469 g/mol.